The molecular weight excluding hydrogens is 218 g/mol. The molecule has 0 aliphatic rings. The number of halogens is 1. The molecule has 1 N–H and O–H groups in total. The second-order valence-corrected chi connectivity index (χ2v) is 4.92. The summed E-state index contributed by atoms with van der Waals surface area (Å²) in [6.45, 7) is 5.61. The van der Waals surface area contributed by atoms with Gasteiger partial charge in [-0.25, -0.2) is 0 Å². The van der Waals surface area contributed by atoms with Gasteiger partial charge in [0, 0.05) is 11.6 Å². The predicted molar refractivity (Wildman–Crippen MR) is 72.2 cm³/mol. The summed E-state index contributed by atoms with van der Waals surface area (Å²) in [4.78, 5) is 0. The average molecular weight is 240 g/mol. The van der Waals surface area contributed by atoms with E-state index < -0.39 is 0 Å². The molecule has 16 heavy (non-hydrogen) atoms. The summed E-state index contributed by atoms with van der Waals surface area (Å²) in [5.74, 6) is 1.29. The molecule has 0 fully saturated rings. The summed E-state index contributed by atoms with van der Waals surface area (Å²) >= 11 is 5.92. The quantitative estimate of drug-likeness (QED) is 0.789. The van der Waals surface area contributed by atoms with E-state index in [9.17, 15) is 0 Å². The minimum Gasteiger partial charge on any atom is -0.319 e. The molecule has 0 bridgehead atoms. The van der Waals surface area contributed by atoms with E-state index in [0.29, 0.717) is 11.8 Å². The first kappa shape index (κ1) is 13.5. The molecular formula is C14H22ClN. The SMILES string of the molecule is CCCC(C)C(CNC)c1ccc(Cl)cc1. The molecule has 1 rings (SSSR count). The van der Waals surface area contributed by atoms with Gasteiger partial charge >= 0.3 is 0 Å². The molecule has 90 valence electrons. The summed E-state index contributed by atoms with van der Waals surface area (Å²) < 4.78 is 0. The molecule has 2 heteroatoms. The van der Waals surface area contributed by atoms with Crippen molar-refractivity contribution in [1.29, 1.82) is 0 Å². The van der Waals surface area contributed by atoms with Gasteiger partial charge in [-0.05, 0) is 36.6 Å². The van der Waals surface area contributed by atoms with Crippen molar-refractivity contribution in [1.82, 2.24) is 5.32 Å². The summed E-state index contributed by atoms with van der Waals surface area (Å²) in [7, 11) is 2.02. The van der Waals surface area contributed by atoms with Crippen LogP contribution < -0.4 is 5.32 Å². The highest BCUT2D eigenvalue weighted by Gasteiger charge is 2.17. The van der Waals surface area contributed by atoms with Crippen molar-refractivity contribution in [2.45, 2.75) is 32.6 Å². The van der Waals surface area contributed by atoms with Crippen molar-refractivity contribution in [2.24, 2.45) is 5.92 Å². The van der Waals surface area contributed by atoms with Gasteiger partial charge in [-0.15, -0.1) is 0 Å². The van der Waals surface area contributed by atoms with Crippen molar-refractivity contribution < 1.29 is 0 Å². The second-order valence-electron chi connectivity index (χ2n) is 4.48. The van der Waals surface area contributed by atoms with Gasteiger partial charge in [0.25, 0.3) is 0 Å². The lowest BCUT2D eigenvalue weighted by atomic mass is 9.84. The van der Waals surface area contributed by atoms with Crippen LogP contribution in [-0.2, 0) is 0 Å². The molecule has 1 nitrogen and oxygen atoms in total. The number of benzene rings is 1. The highest BCUT2D eigenvalue weighted by atomic mass is 35.5. The molecule has 0 amide bonds. The molecule has 0 spiro atoms. The van der Waals surface area contributed by atoms with Gasteiger partial charge in [-0.2, -0.15) is 0 Å². The Balaban J connectivity index is 2.79. The Labute approximate surface area is 104 Å². The zero-order chi connectivity index (χ0) is 12.0. The van der Waals surface area contributed by atoms with Gasteiger partial charge in [-0.1, -0.05) is 50.4 Å². The third kappa shape index (κ3) is 3.80. The zero-order valence-corrected chi connectivity index (χ0v) is 11.2. The van der Waals surface area contributed by atoms with Crippen molar-refractivity contribution in [2.75, 3.05) is 13.6 Å². The maximum Gasteiger partial charge on any atom is 0.0406 e. The van der Waals surface area contributed by atoms with Gasteiger partial charge < -0.3 is 5.32 Å². The van der Waals surface area contributed by atoms with Crippen LogP contribution in [0.1, 0.15) is 38.2 Å². The smallest absolute Gasteiger partial charge is 0.0406 e. The van der Waals surface area contributed by atoms with E-state index in [4.69, 9.17) is 11.6 Å². The lowest BCUT2D eigenvalue weighted by molar-refractivity contribution is 0.413. The van der Waals surface area contributed by atoms with E-state index in [-0.39, 0.29) is 0 Å². The fourth-order valence-corrected chi connectivity index (χ4v) is 2.36. The van der Waals surface area contributed by atoms with Crippen molar-refractivity contribution in [3.63, 3.8) is 0 Å². The summed E-state index contributed by atoms with van der Waals surface area (Å²) in [6, 6.07) is 8.27. The summed E-state index contributed by atoms with van der Waals surface area (Å²) in [5, 5.41) is 4.10. The van der Waals surface area contributed by atoms with Crippen LogP contribution in [0.4, 0.5) is 0 Å². The van der Waals surface area contributed by atoms with Crippen LogP contribution in [0.25, 0.3) is 0 Å². The maximum atomic E-state index is 5.92. The van der Waals surface area contributed by atoms with Crippen LogP contribution in [0.15, 0.2) is 24.3 Å². The Morgan fingerprint density at radius 1 is 1.25 bits per heavy atom. The highest BCUT2D eigenvalue weighted by Crippen LogP contribution is 2.28. The lowest BCUT2D eigenvalue weighted by Crippen LogP contribution is -2.22. The molecule has 0 saturated heterocycles. The minimum atomic E-state index is 0.585. The largest absolute Gasteiger partial charge is 0.319 e. The second kappa shape index (κ2) is 6.93. The standard InChI is InChI=1S/C14H22ClN/c1-4-5-11(2)14(10-16-3)12-6-8-13(15)9-7-12/h6-9,11,14,16H,4-5,10H2,1-3H3. The van der Waals surface area contributed by atoms with Crippen LogP contribution >= 0.6 is 11.6 Å². The number of nitrogens with one attached hydrogen (secondary N) is 1. The molecule has 1 aromatic carbocycles. The molecule has 2 atom stereocenters. The molecule has 0 radical (unpaired) electrons. The van der Waals surface area contributed by atoms with Gasteiger partial charge in [0.15, 0.2) is 0 Å². The van der Waals surface area contributed by atoms with E-state index >= 15 is 0 Å². The summed E-state index contributed by atoms with van der Waals surface area (Å²) in [6.07, 6.45) is 2.52. The molecule has 0 aromatic heterocycles. The Hall–Kier alpha value is -0.530. The van der Waals surface area contributed by atoms with Crippen LogP contribution in [0, 0.1) is 5.92 Å². The number of likely N-dealkylation sites (N-methyl/N-ethyl adjacent to an activating group) is 1. The Kier molecular flexibility index (Phi) is 5.86. The van der Waals surface area contributed by atoms with Crippen molar-refractivity contribution in [3.8, 4) is 0 Å². The third-order valence-corrected chi connectivity index (χ3v) is 3.41. The van der Waals surface area contributed by atoms with Gasteiger partial charge in [0.1, 0.15) is 0 Å². The molecule has 0 aliphatic heterocycles. The van der Waals surface area contributed by atoms with E-state index in [0.717, 1.165) is 11.6 Å². The fourth-order valence-electron chi connectivity index (χ4n) is 2.23. The fraction of sp³-hybridized carbons (Fsp3) is 0.571. The van der Waals surface area contributed by atoms with Gasteiger partial charge in [-0.3, -0.25) is 0 Å². The van der Waals surface area contributed by atoms with Crippen molar-refractivity contribution >= 4 is 11.6 Å². The van der Waals surface area contributed by atoms with Crippen molar-refractivity contribution in [3.05, 3.63) is 34.9 Å². The number of rotatable bonds is 6. The number of hydrogen-bond donors (Lipinski definition) is 1. The topological polar surface area (TPSA) is 12.0 Å². The normalized spacial score (nSPS) is 14.8. The molecule has 0 saturated carbocycles. The van der Waals surface area contributed by atoms with Gasteiger partial charge in [0.2, 0.25) is 0 Å². The first-order valence-corrected chi connectivity index (χ1v) is 6.46. The minimum absolute atomic E-state index is 0.585. The molecule has 2 unspecified atom stereocenters. The van der Waals surface area contributed by atoms with E-state index in [1.807, 2.05) is 19.2 Å². The first-order chi connectivity index (χ1) is 7.69. The Morgan fingerprint density at radius 2 is 1.88 bits per heavy atom. The first-order valence-electron chi connectivity index (χ1n) is 6.09. The Bertz CT molecular complexity index is 294. The third-order valence-electron chi connectivity index (χ3n) is 3.15. The lowest BCUT2D eigenvalue weighted by Gasteiger charge is -2.24. The number of hydrogen-bond acceptors (Lipinski definition) is 1. The molecule has 0 heterocycles. The van der Waals surface area contributed by atoms with E-state index in [2.05, 4.69) is 31.3 Å². The zero-order valence-electron chi connectivity index (χ0n) is 10.5. The van der Waals surface area contributed by atoms with Crippen LogP contribution in [0.5, 0.6) is 0 Å². The monoisotopic (exact) mass is 239 g/mol. The van der Waals surface area contributed by atoms with E-state index in [1.165, 1.54) is 18.4 Å². The van der Waals surface area contributed by atoms with E-state index in [1.54, 1.807) is 0 Å². The predicted octanol–water partition coefficient (Wildman–Crippen LogP) is 4.08. The van der Waals surface area contributed by atoms with Crippen LogP contribution in [0.2, 0.25) is 5.02 Å². The van der Waals surface area contributed by atoms with Gasteiger partial charge in [0.05, 0.1) is 0 Å². The molecule has 0 aliphatic carbocycles. The molecule has 1 aromatic rings. The van der Waals surface area contributed by atoms with Crippen LogP contribution in [-0.4, -0.2) is 13.6 Å². The Morgan fingerprint density at radius 3 is 2.38 bits per heavy atom. The summed E-state index contributed by atoms with van der Waals surface area (Å²) in [5.41, 5.74) is 1.39. The van der Waals surface area contributed by atoms with Crippen LogP contribution in [0.3, 0.4) is 0 Å². The maximum absolute atomic E-state index is 5.92. The highest BCUT2D eigenvalue weighted by molar-refractivity contribution is 6.30. The average Bonchev–Trinajstić information content (AvgIpc) is 2.28.